The van der Waals surface area contributed by atoms with Crippen molar-refractivity contribution in [2.75, 3.05) is 19.7 Å². The predicted molar refractivity (Wildman–Crippen MR) is 96.8 cm³/mol. The van der Waals surface area contributed by atoms with E-state index in [2.05, 4.69) is 35.4 Å². The van der Waals surface area contributed by atoms with Crippen molar-refractivity contribution in [2.45, 2.75) is 26.0 Å². The molecule has 0 radical (unpaired) electrons. The van der Waals surface area contributed by atoms with Gasteiger partial charge in [0.15, 0.2) is 5.65 Å². The van der Waals surface area contributed by atoms with Gasteiger partial charge >= 0.3 is 0 Å². The Morgan fingerprint density at radius 3 is 3.04 bits per heavy atom. The molecule has 0 bridgehead atoms. The number of hydrogen-bond acceptors (Lipinski definition) is 5. The van der Waals surface area contributed by atoms with Crippen LogP contribution in [-0.2, 0) is 4.74 Å². The molecule has 3 aromatic heterocycles. The standard InChI is InChI=1S/C18H20N4O2S/c1-12(2)22-17-14(9-20-22)7-15(8-19-17)18(23)21-4-5-24-16(10-21)13-3-6-25-11-13/h3,6-9,11-12,16H,4-5,10H2,1-2H3. The zero-order valence-electron chi connectivity index (χ0n) is 14.3. The molecule has 7 heteroatoms. The summed E-state index contributed by atoms with van der Waals surface area (Å²) in [6, 6.07) is 4.17. The lowest BCUT2D eigenvalue weighted by atomic mass is 10.1. The average molecular weight is 356 g/mol. The zero-order chi connectivity index (χ0) is 17.4. The Morgan fingerprint density at radius 2 is 2.28 bits per heavy atom. The second-order valence-corrected chi connectivity index (χ2v) is 7.27. The summed E-state index contributed by atoms with van der Waals surface area (Å²) >= 11 is 1.64. The lowest BCUT2D eigenvalue weighted by Crippen LogP contribution is -2.42. The summed E-state index contributed by atoms with van der Waals surface area (Å²) in [7, 11) is 0. The van der Waals surface area contributed by atoms with E-state index in [0.29, 0.717) is 25.3 Å². The molecule has 130 valence electrons. The van der Waals surface area contributed by atoms with E-state index in [9.17, 15) is 4.79 Å². The first kappa shape index (κ1) is 16.2. The number of nitrogens with zero attached hydrogens (tertiary/aromatic N) is 4. The Bertz CT molecular complexity index is 888. The fourth-order valence-electron chi connectivity index (χ4n) is 3.11. The van der Waals surface area contributed by atoms with Gasteiger partial charge in [-0.15, -0.1) is 0 Å². The first-order valence-corrected chi connectivity index (χ1v) is 9.34. The first-order chi connectivity index (χ1) is 12.1. The maximum Gasteiger partial charge on any atom is 0.255 e. The third-order valence-electron chi connectivity index (χ3n) is 4.44. The minimum atomic E-state index is -0.0515. The number of fused-ring (bicyclic) bond motifs is 1. The highest BCUT2D eigenvalue weighted by Gasteiger charge is 2.26. The van der Waals surface area contributed by atoms with Crippen molar-refractivity contribution in [2.24, 2.45) is 0 Å². The molecule has 1 unspecified atom stereocenters. The minimum absolute atomic E-state index is 0.00442. The molecule has 1 amide bonds. The molecule has 0 N–H and O–H groups in total. The van der Waals surface area contributed by atoms with Gasteiger partial charge in [-0.1, -0.05) is 0 Å². The van der Waals surface area contributed by atoms with E-state index in [0.717, 1.165) is 16.6 Å². The van der Waals surface area contributed by atoms with Gasteiger partial charge in [-0.05, 0) is 42.3 Å². The van der Waals surface area contributed by atoms with Crippen molar-refractivity contribution >= 4 is 28.3 Å². The summed E-state index contributed by atoms with van der Waals surface area (Å²) in [5.41, 5.74) is 2.54. The first-order valence-electron chi connectivity index (χ1n) is 8.39. The second kappa shape index (κ2) is 6.57. The number of carbonyl (C=O) groups excluding carboxylic acids is 1. The van der Waals surface area contributed by atoms with Crippen LogP contribution in [0.1, 0.15) is 41.9 Å². The summed E-state index contributed by atoms with van der Waals surface area (Å²) < 4.78 is 7.69. The summed E-state index contributed by atoms with van der Waals surface area (Å²) in [6.45, 7) is 5.84. The molecule has 0 aliphatic carbocycles. The van der Waals surface area contributed by atoms with E-state index in [1.54, 1.807) is 23.7 Å². The van der Waals surface area contributed by atoms with Gasteiger partial charge in [-0.25, -0.2) is 9.67 Å². The Hall–Kier alpha value is -2.25. The molecule has 4 rings (SSSR count). The topological polar surface area (TPSA) is 60.2 Å². The molecule has 0 aromatic carbocycles. The highest BCUT2D eigenvalue weighted by atomic mass is 32.1. The molecule has 1 saturated heterocycles. The van der Waals surface area contributed by atoms with Crippen LogP contribution in [0.5, 0.6) is 0 Å². The van der Waals surface area contributed by atoms with Gasteiger partial charge in [0.2, 0.25) is 0 Å². The molecule has 1 aliphatic rings. The van der Waals surface area contributed by atoms with Gasteiger partial charge in [-0.3, -0.25) is 4.79 Å². The molecule has 0 spiro atoms. The summed E-state index contributed by atoms with van der Waals surface area (Å²) in [5, 5.41) is 9.36. The summed E-state index contributed by atoms with van der Waals surface area (Å²) in [5.74, 6) is -0.00442. The van der Waals surface area contributed by atoms with Crippen LogP contribution in [-0.4, -0.2) is 45.3 Å². The van der Waals surface area contributed by atoms with Crippen LogP contribution in [0.25, 0.3) is 11.0 Å². The van der Waals surface area contributed by atoms with Crippen molar-refractivity contribution in [3.63, 3.8) is 0 Å². The van der Waals surface area contributed by atoms with E-state index >= 15 is 0 Å². The smallest absolute Gasteiger partial charge is 0.255 e. The van der Waals surface area contributed by atoms with E-state index in [4.69, 9.17) is 4.74 Å². The molecule has 4 heterocycles. The Balaban J connectivity index is 1.57. The molecule has 1 atom stereocenters. The zero-order valence-corrected chi connectivity index (χ0v) is 15.1. The molecule has 1 fully saturated rings. The Morgan fingerprint density at radius 1 is 1.40 bits per heavy atom. The van der Waals surface area contributed by atoms with Gasteiger partial charge in [0.1, 0.15) is 6.10 Å². The van der Waals surface area contributed by atoms with Crippen molar-refractivity contribution in [1.29, 1.82) is 0 Å². The number of ether oxygens (including phenoxy) is 1. The predicted octanol–water partition coefficient (Wildman–Crippen LogP) is 3.29. The number of pyridine rings is 1. The number of hydrogen-bond donors (Lipinski definition) is 0. The van der Waals surface area contributed by atoms with Crippen LogP contribution < -0.4 is 0 Å². The molecular formula is C18H20N4O2S. The molecule has 1 aliphatic heterocycles. The molecule has 0 saturated carbocycles. The van der Waals surface area contributed by atoms with Crippen LogP contribution in [0.2, 0.25) is 0 Å². The van der Waals surface area contributed by atoms with Crippen molar-refractivity contribution in [1.82, 2.24) is 19.7 Å². The normalized spacial score (nSPS) is 18.2. The van der Waals surface area contributed by atoms with E-state index in [-0.39, 0.29) is 18.1 Å². The number of thiophene rings is 1. The Labute approximate surface area is 150 Å². The van der Waals surface area contributed by atoms with Gasteiger partial charge in [0.25, 0.3) is 5.91 Å². The van der Waals surface area contributed by atoms with Crippen LogP contribution in [0.3, 0.4) is 0 Å². The molecular weight excluding hydrogens is 336 g/mol. The highest BCUT2D eigenvalue weighted by molar-refractivity contribution is 7.07. The van der Waals surface area contributed by atoms with E-state index in [1.807, 2.05) is 21.0 Å². The van der Waals surface area contributed by atoms with Crippen molar-refractivity contribution in [3.05, 3.63) is 46.4 Å². The summed E-state index contributed by atoms with van der Waals surface area (Å²) in [4.78, 5) is 19.2. The van der Waals surface area contributed by atoms with Gasteiger partial charge < -0.3 is 9.64 Å². The number of carbonyl (C=O) groups is 1. The van der Waals surface area contributed by atoms with Crippen molar-refractivity contribution in [3.8, 4) is 0 Å². The van der Waals surface area contributed by atoms with E-state index < -0.39 is 0 Å². The number of morpholine rings is 1. The second-order valence-electron chi connectivity index (χ2n) is 6.49. The largest absolute Gasteiger partial charge is 0.370 e. The monoisotopic (exact) mass is 356 g/mol. The van der Waals surface area contributed by atoms with Crippen LogP contribution >= 0.6 is 11.3 Å². The fourth-order valence-corrected chi connectivity index (χ4v) is 3.81. The van der Waals surface area contributed by atoms with E-state index in [1.165, 1.54) is 0 Å². The minimum Gasteiger partial charge on any atom is -0.370 e. The number of amides is 1. The van der Waals surface area contributed by atoms with Crippen molar-refractivity contribution < 1.29 is 9.53 Å². The molecule has 25 heavy (non-hydrogen) atoms. The van der Waals surface area contributed by atoms with Gasteiger partial charge in [-0.2, -0.15) is 16.4 Å². The van der Waals surface area contributed by atoms with Crippen LogP contribution in [0, 0.1) is 0 Å². The third-order valence-corrected chi connectivity index (χ3v) is 5.14. The third kappa shape index (κ3) is 3.05. The number of aromatic nitrogens is 3. The Kier molecular flexibility index (Phi) is 4.27. The lowest BCUT2D eigenvalue weighted by Gasteiger charge is -2.32. The highest BCUT2D eigenvalue weighted by Crippen LogP contribution is 2.25. The SMILES string of the molecule is CC(C)n1ncc2cc(C(=O)N3CCOC(c4ccsc4)C3)cnc21. The maximum absolute atomic E-state index is 12.9. The number of rotatable bonds is 3. The summed E-state index contributed by atoms with van der Waals surface area (Å²) in [6.07, 6.45) is 3.37. The lowest BCUT2D eigenvalue weighted by molar-refractivity contribution is -0.0226. The average Bonchev–Trinajstić information content (AvgIpc) is 3.30. The fraction of sp³-hybridized carbons (Fsp3) is 0.389. The van der Waals surface area contributed by atoms with Crippen LogP contribution in [0.15, 0.2) is 35.3 Å². The quantitative estimate of drug-likeness (QED) is 0.722. The van der Waals surface area contributed by atoms with Gasteiger partial charge in [0.05, 0.1) is 24.9 Å². The molecule has 3 aromatic rings. The maximum atomic E-state index is 12.9. The van der Waals surface area contributed by atoms with Crippen LogP contribution in [0.4, 0.5) is 0 Å². The van der Waals surface area contributed by atoms with Gasteiger partial charge in [0, 0.05) is 24.2 Å². The molecule has 6 nitrogen and oxygen atoms in total.